The van der Waals surface area contributed by atoms with Crippen LogP contribution in [0.25, 0.3) is 0 Å². The van der Waals surface area contributed by atoms with Gasteiger partial charge in [-0.25, -0.2) is 0 Å². The lowest BCUT2D eigenvalue weighted by Crippen LogP contribution is -2.13. The van der Waals surface area contributed by atoms with E-state index < -0.39 is 0 Å². The topological polar surface area (TPSA) is 26.0 Å². The van der Waals surface area contributed by atoms with Gasteiger partial charge in [0.15, 0.2) is 0 Å². The Bertz CT molecular complexity index is 305. The SMILES string of the molecule is Cc1ccc(SC2CCC2)c(N)c1. The van der Waals surface area contributed by atoms with Crippen LogP contribution in [-0.2, 0) is 0 Å². The van der Waals surface area contributed by atoms with Gasteiger partial charge in [0.05, 0.1) is 0 Å². The molecule has 0 heterocycles. The van der Waals surface area contributed by atoms with Crippen molar-refractivity contribution >= 4 is 17.4 Å². The van der Waals surface area contributed by atoms with Crippen molar-refractivity contribution in [1.82, 2.24) is 0 Å². The lowest BCUT2D eigenvalue weighted by molar-refractivity contribution is 0.522. The molecule has 1 aliphatic rings. The maximum Gasteiger partial charge on any atom is 0.0454 e. The summed E-state index contributed by atoms with van der Waals surface area (Å²) in [6, 6.07) is 6.34. The minimum Gasteiger partial charge on any atom is -0.398 e. The first kappa shape index (κ1) is 8.95. The number of hydrogen-bond donors (Lipinski definition) is 1. The van der Waals surface area contributed by atoms with Gasteiger partial charge in [0.25, 0.3) is 0 Å². The number of hydrogen-bond acceptors (Lipinski definition) is 2. The Morgan fingerprint density at radius 2 is 2.15 bits per heavy atom. The van der Waals surface area contributed by atoms with E-state index in [2.05, 4.69) is 25.1 Å². The molecule has 1 saturated carbocycles. The lowest BCUT2D eigenvalue weighted by atomic mass is 10.00. The molecule has 2 heteroatoms. The standard InChI is InChI=1S/C11H15NS/c1-8-5-6-11(10(12)7-8)13-9-3-2-4-9/h5-7,9H,2-4,12H2,1H3. The monoisotopic (exact) mass is 193 g/mol. The van der Waals surface area contributed by atoms with Gasteiger partial charge >= 0.3 is 0 Å². The van der Waals surface area contributed by atoms with Crippen LogP contribution < -0.4 is 5.73 Å². The summed E-state index contributed by atoms with van der Waals surface area (Å²) in [5.74, 6) is 0. The van der Waals surface area contributed by atoms with Crippen molar-refractivity contribution in [2.24, 2.45) is 0 Å². The molecular weight excluding hydrogens is 178 g/mol. The average Bonchev–Trinajstić information content (AvgIpc) is 1.99. The van der Waals surface area contributed by atoms with Gasteiger partial charge in [-0.15, -0.1) is 11.8 Å². The molecular formula is C11H15NS. The highest BCUT2D eigenvalue weighted by Gasteiger charge is 2.19. The summed E-state index contributed by atoms with van der Waals surface area (Å²) in [5.41, 5.74) is 8.12. The van der Waals surface area contributed by atoms with Crippen LogP contribution in [0.15, 0.2) is 23.1 Å². The van der Waals surface area contributed by atoms with Crippen molar-refractivity contribution < 1.29 is 0 Å². The molecule has 0 atom stereocenters. The molecule has 0 aromatic heterocycles. The number of nitrogen functional groups attached to an aromatic ring is 1. The van der Waals surface area contributed by atoms with E-state index in [-0.39, 0.29) is 0 Å². The zero-order valence-electron chi connectivity index (χ0n) is 7.92. The van der Waals surface area contributed by atoms with Gasteiger partial charge in [-0.2, -0.15) is 0 Å². The summed E-state index contributed by atoms with van der Waals surface area (Å²) < 4.78 is 0. The van der Waals surface area contributed by atoms with E-state index in [9.17, 15) is 0 Å². The quantitative estimate of drug-likeness (QED) is 0.730. The molecule has 1 fully saturated rings. The molecule has 0 unspecified atom stereocenters. The minimum atomic E-state index is 0.824. The summed E-state index contributed by atoms with van der Waals surface area (Å²) in [7, 11) is 0. The van der Waals surface area contributed by atoms with Crippen LogP contribution in [0.5, 0.6) is 0 Å². The Morgan fingerprint density at radius 1 is 1.38 bits per heavy atom. The van der Waals surface area contributed by atoms with Gasteiger partial charge in [-0.3, -0.25) is 0 Å². The predicted molar refractivity (Wildman–Crippen MR) is 59.1 cm³/mol. The molecule has 0 aliphatic heterocycles. The fourth-order valence-corrected chi connectivity index (χ4v) is 2.71. The van der Waals surface area contributed by atoms with Crippen molar-refractivity contribution in [3.63, 3.8) is 0 Å². The number of benzene rings is 1. The second-order valence-electron chi connectivity index (χ2n) is 3.71. The Morgan fingerprint density at radius 3 is 2.69 bits per heavy atom. The van der Waals surface area contributed by atoms with Gasteiger partial charge in [0.2, 0.25) is 0 Å². The number of nitrogens with two attached hydrogens (primary N) is 1. The highest BCUT2D eigenvalue weighted by molar-refractivity contribution is 8.00. The van der Waals surface area contributed by atoms with Crippen LogP contribution in [0.3, 0.4) is 0 Å². The molecule has 0 saturated heterocycles. The molecule has 0 bridgehead atoms. The Kier molecular flexibility index (Phi) is 2.49. The lowest BCUT2D eigenvalue weighted by Gasteiger charge is -2.25. The second-order valence-corrected chi connectivity index (χ2v) is 5.05. The first-order valence-electron chi connectivity index (χ1n) is 4.78. The second kappa shape index (κ2) is 3.62. The van der Waals surface area contributed by atoms with Gasteiger partial charge in [-0.05, 0) is 37.5 Å². The smallest absolute Gasteiger partial charge is 0.0454 e. The maximum absolute atomic E-state index is 5.93. The van der Waals surface area contributed by atoms with Crippen LogP contribution in [0, 0.1) is 6.92 Å². The van der Waals surface area contributed by atoms with Crippen molar-refractivity contribution in [3.8, 4) is 0 Å². The normalized spacial score (nSPS) is 17.0. The molecule has 2 N–H and O–H groups in total. The van der Waals surface area contributed by atoms with E-state index in [4.69, 9.17) is 5.73 Å². The van der Waals surface area contributed by atoms with Gasteiger partial charge in [0.1, 0.15) is 0 Å². The predicted octanol–water partition coefficient (Wildman–Crippen LogP) is 3.22. The third kappa shape index (κ3) is 1.99. The third-order valence-electron chi connectivity index (χ3n) is 2.51. The van der Waals surface area contributed by atoms with E-state index in [1.807, 2.05) is 11.8 Å². The van der Waals surface area contributed by atoms with Crippen LogP contribution >= 0.6 is 11.8 Å². The van der Waals surface area contributed by atoms with E-state index in [1.54, 1.807) is 0 Å². The maximum atomic E-state index is 5.93. The number of anilines is 1. The van der Waals surface area contributed by atoms with Gasteiger partial charge < -0.3 is 5.73 Å². The minimum absolute atomic E-state index is 0.824. The summed E-state index contributed by atoms with van der Waals surface area (Å²) >= 11 is 1.94. The summed E-state index contributed by atoms with van der Waals surface area (Å²) in [6.07, 6.45) is 4.11. The fourth-order valence-electron chi connectivity index (χ4n) is 1.44. The zero-order chi connectivity index (χ0) is 9.26. The first-order chi connectivity index (χ1) is 6.25. The average molecular weight is 193 g/mol. The van der Waals surface area contributed by atoms with E-state index >= 15 is 0 Å². The third-order valence-corrected chi connectivity index (χ3v) is 3.94. The molecule has 1 aliphatic carbocycles. The van der Waals surface area contributed by atoms with Crippen LogP contribution in [0.2, 0.25) is 0 Å². The van der Waals surface area contributed by atoms with Crippen molar-refractivity contribution in [2.75, 3.05) is 5.73 Å². The molecule has 0 amide bonds. The molecule has 0 spiro atoms. The van der Waals surface area contributed by atoms with Crippen LogP contribution in [-0.4, -0.2) is 5.25 Å². The highest BCUT2D eigenvalue weighted by atomic mass is 32.2. The van der Waals surface area contributed by atoms with Gasteiger partial charge in [0, 0.05) is 15.8 Å². The molecule has 0 radical (unpaired) electrons. The largest absolute Gasteiger partial charge is 0.398 e. The number of aryl methyl sites for hydroxylation is 1. The van der Waals surface area contributed by atoms with Crippen molar-refractivity contribution in [1.29, 1.82) is 0 Å². The number of rotatable bonds is 2. The fraction of sp³-hybridized carbons (Fsp3) is 0.455. The van der Waals surface area contributed by atoms with E-state index in [0.717, 1.165) is 10.9 Å². The molecule has 13 heavy (non-hydrogen) atoms. The Labute approximate surface area is 83.7 Å². The molecule has 1 nitrogen and oxygen atoms in total. The van der Waals surface area contributed by atoms with Gasteiger partial charge in [-0.1, -0.05) is 12.5 Å². The zero-order valence-corrected chi connectivity index (χ0v) is 8.73. The molecule has 2 rings (SSSR count). The highest BCUT2D eigenvalue weighted by Crippen LogP contribution is 2.38. The molecule has 1 aromatic carbocycles. The Balaban J connectivity index is 2.10. The van der Waals surface area contributed by atoms with Crippen LogP contribution in [0.1, 0.15) is 24.8 Å². The summed E-state index contributed by atoms with van der Waals surface area (Å²) in [5, 5.41) is 0.824. The summed E-state index contributed by atoms with van der Waals surface area (Å²) in [4.78, 5) is 1.26. The first-order valence-corrected chi connectivity index (χ1v) is 5.66. The van der Waals surface area contributed by atoms with E-state index in [0.29, 0.717) is 0 Å². The molecule has 70 valence electrons. The van der Waals surface area contributed by atoms with E-state index in [1.165, 1.54) is 29.7 Å². The molecule has 1 aromatic rings. The Hall–Kier alpha value is -0.630. The van der Waals surface area contributed by atoms with Crippen LogP contribution in [0.4, 0.5) is 5.69 Å². The van der Waals surface area contributed by atoms with Crippen molar-refractivity contribution in [3.05, 3.63) is 23.8 Å². The number of thioether (sulfide) groups is 1. The van der Waals surface area contributed by atoms with Crippen molar-refractivity contribution in [2.45, 2.75) is 36.3 Å². The summed E-state index contributed by atoms with van der Waals surface area (Å²) in [6.45, 7) is 2.08.